The molecule has 0 bridgehead atoms. The first-order valence-electron chi connectivity index (χ1n) is 5.33. The number of carbonyl (C=O) groups is 2. The Morgan fingerprint density at radius 1 is 1.53 bits per heavy atom. The summed E-state index contributed by atoms with van der Waals surface area (Å²) in [6, 6.07) is -0.514. The van der Waals surface area contributed by atoms with Crippen molar-refractivity contribution >= 4 is 17.7 Å². The third kappa shape index (κ3) is 2.22. The molecule has 0 saturated heterocycles. The second-order valence-corrected chi connectivity index (χ2v) is 4.22. The fourth-order valence-corrected chi connectivity index (χ4v) is 1.79. The normalized spacial score (nSPS) is 17.0. The minimum absolute atomic E-state index is 0.475. The van der Waals surface area contributed by atoms with Crippen molar-refractivity contribution in [3.63, 3.8) is 0 Å². The number of carbonyl (C=O) groups excluding carboxylic acids is 1. The summed E-state index contributed by atoms with van der Waals surface area (Å²) >= 11 is 0. The van der Waals surface area contributed by atoms with E-state index >= 15 is 0 Å². The number of rotatable bonds is 3. The SMILES string of the molecule is Cn1cc(NC(=O)NC2(C(=O)O)CCC2)cn1. The third-order valence-electron chi connectivity index (χ3n) is 2.93. The maximum Gasteiger partial charge on any atom is 0.329 e. The molecule has 0 aliphatic heterocycles. The zero-order valence-electron chi connectivity index (χ0n) is 9.43. The van der Waals surface area contributed by atoms with Crippen LogP contribution in [0.4, 0.5) is 10.5 Å². The summed E-state index contributed by atoms with van der Waals surface area (Å²) in [6.07, 6.45) is 4.90. The average Bonchev–Trinajstić information content (AvgIpc) is 2.57. The van der Waals surface area contributed by atoms with E-state index in [0.29, 0.717) is 18.5 Å². The number of nitrogens with one attached hydrogen (secondary N) is 2. The summed E-state index contributed by atoms with van der Waals surface area (Å²) in [4.78, 5) is 22.6. The number of urea groups is 1. The van der Waals surface area contributed by atoms with E-state index in [0.717, 1.165) is 6.42 Å². The molecule has 17 heavy (non-hydrogen) atoms. The molecular weight excluding hydrogens is 224 g/mol. The molecule has 0 aromatic carbocycles. The van der Waals surface area contributed by atoms with E-state index in [1.165, 1.54) is 6.20 Å². The molecule has 2 amide bonds. The van der Waals surface area contributed by atoms with E-state index < -0.39 is 17.5 Å². The Kier molecular flexibility index (Phi) is 2.74. The average molecular weight is 238 g/mol. The van der Waals surface area contributed by atoms with Gasteiger partial charge in [-0.3, -0.25) is 4.68 Å². The molecule has 1 fully saturated rings. The van der Waals surface area contributed by atoms with Crippen LogP contribution in [0.1, 0.15) is 19.3 Å². The molecule has 7 heteroatoms. The van der Waals surface area contributed by atoms with Crippen LogP contribution in [-0.4, -0.2) is 32.4 Å². The summed E-state index contributed by atoms with van der Waals surface area (Å²) in [6.45, 7) is 0. The van der Waals surface area contributed by atoms with Crippen LogP contribution in [0.2, 0.25) is 0 Å². The van der Waals surface area contributed by atoms with Gasteiger partial charge in [0.25, 0.3) is 0 Å². The Labute approximate surface area is 97.8 Å². The standard InChI is InChI=1S/C10H14N4O3/c1-14-6-7(5-11-14)12-9(17)13-10(8(15)16)3-2-4-10/h5-6H,2-4H2,1H3,(H,15,16)(H2,12,13,17). The van der Waals surface area contributed by atoms with Crippen LogP contribution in [0.3, 0.4) is 0 Å². The maximum absolute atomic E-state index is 11.6. The van der Waals surface area contributed by atoms with Crippen molar-refractivity contribution in [2.75, 3.05) is 5.32 Å². The number of aryl methyl sites for hydroxylation is 1. The first-order chi connectivity index (χ1) is 8.02. The molecule has 1 aliphatic rings. The first kappa shape index (κ1) is 11.4. The highest BCUT2D eigenvalue weighted by Gasteiger charge is 2.45. The van der Waals surface area contributed by atoms with Crippen molar-refractivity contribution in [1.82, 2.24) is 15.1 Å². The lowest BCUT2D eigenvalue weighted by Crippen LogP contribution is -2.60. The van der Waals surface area contributed by atoms with Crippen molar-refractivity contribution in [3.8, 4) is 0 Å². The summed E-state index contributed by atoms with van der Waals surface area (Å²) in [7, 11) is 1.73. The number of hydrogen-bond acceptors (Lipinski definition) is 3. The minimum atomic E-state index is -1.09. The van der Waals surface area contributed by atoms with Gasteiger partial charge in [0.05, 0.1) is 11.9 Å². The lowest BCUT2D eigenvalue weighted by atomic mass is 9.77. The maximum atomic E-state index is 11.6. The molecule has 7 nitrogen and oxygen atoms in total. The summed E-state index contributed by atoms with van der Waals surface area (Å²) in [5.41, 5.74) is -0.559. The van der Waals surface area contributed by atoms with Crippen LogP contribution < -0.4 is 10.6 Å². The van der Waals surface area contributed by atoms with Crippen LogP contribution in [0.5, 0.6) is 0 Å². The number of carboxylic acid groups (broad SMARTS) is 1. The van der Waals surface area contributed by atoms with Crippen LogP contribution in [0.15, 0.2) is 12.4 Å². The van der Waals surface area contributed by atoms with Gasteiger partial charge in [-0.05, 0) is 19.3 Å². The van der Waals surface area contributed by atoms with Gasteiger partial charge in [-0.2, -0.15) is 5.10 Å². The lowest BCUT2D eigenvalue weighted by molar-refractivity contribution is -0.148. The van der Waals surface area contributed by atoms with Crippen molar-refractivity contribution in [1.29, 1.82) is 0 Å². The monoisotopic (exact) mass is 238 g/mol. The first-order valence-corrected chi connectivity index (χ1v) is 5.33. The Hall–Kier alpha value is -2.05. The molecule has 1 heterocycles. The van der Waals surface area contributed by atoms with Gasteiger partial charge in [-0.25, -0.2) is 9.59 Å². The van der Waals surface area contributed by atoms with Gasteiger partial charge in [0.2, 0.25) is 0 Å². The molecule has 1 aliphatic carbocycles. The molecule has 0 radical (unpaired) electrons. The van der Waals surface area contributed by atoms with Crippen molar-refractivity contribution < 1.29 is 14.7 Å². The number of carboxylic acids is 1. The minimum Gasteiger partial charge on any atom is -0.480 e. The smallest absolute Gasteiger partial charge is 0.329 e. The number of anilines is 1. The predicted molar refractivity (Wildman–Crippen MR) is 59.6 cm³/mol. The molecular formula is C10H14N4O3. The van der Waals surface area contributed by atoms with Crippen LogP contribution in [0.25, 0.3) is 0 Å². The highest BCUT2D eigenvalue weighted by atomic mass is 16.4. The second kappa shape index (κ2) is 4.08. The number of aliphatic carboxylic acids is 1. The Morgan fingerprint density at radius 3 is 2.65 bits per heavy atom. The van der Waals surface area contributed by atoms with Crippen molar-refractivity contribution in [2.45, 2.75) is 24.8 Å². The lowest BCUT2D eigenvalue weighted by Gasteiger charge is -2.37. The molecule has 1 aromatic heterocycles. The quantitative estimate of drug-likeness (QED) is 0.716. The van der Waals surface area contributed by atoms with Gasteiger partial charge in [-0.1, -0.05) is 0 Å². The van der Waals surface area contributed by atoms with Crippen LogP contribution in [0, 0.1) is 0 Å². The molecule has 0 spiro atoms. The van der Waals surface area contributed by atoms with Crippen LogP contribution in [-0.2, 0) is 11.8 Å². The van der Waals surface area contributed by atoms with E-state index in [-0.39, 0.29) is 0 Å². The summed E-state index contributed by atoms with van der Waals surface area (Å²) in [5, 5.41) is 18.0. The van der Waals surface area contributed by atoms with Gasteiger partial charge < -0.3 is 15.7 Å². The second-order valence-electron chi connectivity index (χ2n) is 4.22. The topological polar surface area (TPSA) is 96.2 Å². The van der Waals surface area contributed by atoms with Gasteiger partial charge in [0.1, 0.15) is 5.54 Å². The fourth-order valence-electron chi connectivity index (χ4n) is 1.79. The molecule has 1 saturated carbocycles. The van der Waals surface area contributed by atoms with Crippen LogP contribution >= 0.6 is 0 Å². The Morgan fingerprint density at radius 2 is 2.24 bits per heavy atom. The largest absolute Gasteiger partial charge is 0.480 e. The van der Waals surface area contributed by atoms with E-state index in [9.17, 15) is 9.59 Å². The van der Waals surface area contributed by atoms with E-state index in [4.69, 9.17) is 5.11 Å². The molecule has 3 N–H and O–H groups in total. The highest BCUT2D eigenvalue weighted by molar-refractivity contribution is 5.94. The third-order valence-corrected chi connectivity index (χ3v) is 2.93. The van der Waals surface area contributed by atoms with E-state index in [1.807, 2.05) is 0 Å². The number of amides is 2. The van der Waals surface area contributed by atoms with E-state index in [1.54, 1.807) is 17.9 Å². The zero-order chi connectivity index (χ0) is 12.5. The molecule has 0 unspecified atom stereocenters. The highest BCUT2D eigenvalue weighted by Crippen LogP contribution is 2.32. The number of nitrogens with zero attached hydrogens (tertiary/aromatic N) is 2. The number of hydrogen-bond donors (Lipinski definition) is 3. The van der Waals surface area contributed by atoms with E-state index in [2.05, 4.69) is 15.7 Å². The molecule has 2 rings (SSSR count). The molecule has 0 atom stereocenters. The summed E-state index contributed by atoms with van der Waals surface area (Å²) in [5.74, 6) is -0.981. The van der Waals surface area contributed by atoms with Gasteiger partial charge >= 0.3 is 12.0 Å². The van der Waals surface area contributed by atoms with Crippen molar-refractivity contribution in [3.05, 3.63) is 12.4 Å². The zero-order valence-corrected chi connectivity index (χ0v) is 9.43. The molecule has 92 valence electrons. The molecule has 1 aromatic rings. The predicted octanol–water partition coefficient (Wildman–Crippen LogP) is 0.549. The Balaban J connectivity index is 1.95. The van der Waals surface area contributed by atoms with Crippen molar-refractivity contribution in [2.24, 2.45) is 7.05 Å². The van der Waals surface area contributed by atoms with Gasteiger partial charge in [0.15, 0.2) is 0 Å². The number of aromatic nitrogens is 2. The Bertz CT molecular complexity index is 450. The van der Waals surface area contributed by atoms with Gasteiger partial charge in [0, 0.05) is 13.2 Å². The summed E-state index contributed by atoms with van der Waals surface area (Å²) < 4.78 is 1.55. The fraction of sp³-hybridized carbons (Fsp3) is 0.500. The van der Waals surface area contributed by atoms with Gasteiger partial charge in [-0.15, -0.1) is 0 Å².